The van der Waals surface area contributed by atoms with Crippen molar-refractivity contribution in [2.75, 3.05) is 12.4 Å². The number of hydrogen-bond donors (Lipinski definition) is 1. The summed E-state index contributed by atoms with van der Waals surface area (Å²) in [5, 5.41) is 3.21. The fourth-order valence-electron chi connectivity index (χ4n) is 2.55. The van der Waals surface area contributed by atoms with Crippen LogP contribution in [0, 0.1) is 0 Å². The number of rotatable bonds is 7. The van der Waals surface area contributed by atoms with Gasteiger partial charge in [-0.3, -0.25) is 4.79 Å². The normalized spacial score (nSPS) is 10.6. The van der Waals surface area contributed by atoms with Crippen LogP contribution in [0.15, 0.2) is 78.9 Å². The van der Waals surface area contributed by atoms with Crippen molar-refractivity contribution in [1.29, 1.82) is 0 Å². The zero-order chi connectivity index (χ0) is 19.8. The molecule has 28 heavy (non-hydrogen) atoms. The Bertz CT molecular complexity index is 971. The van der Waals surface area contributed by atoms with Gasteiger partial charge < -0.3 is 14.8 Å². The minimum absolute atomic E-state index is 0.253. The van der Waals surface area contributed by atoms with Gasteiger partial charge in [0, 0.05) is 11.8 Å². The number of nitrogens with one attached hydrogen (secondary N) is 1. The summed E-state index contributed by atoms with van der Waals surface area (Å²) in [7, 11) is 1.54. The summed E-state index contributed by atoms with van der Waals surface area (Å²) in [5.74, 6) is 1.05. The maximum absolute atomic E-state index is 12.1. The van der Waals surface area contributed by atoms with Crippen molar-refractivity contribution >= 4 is 29.3 Å². The molecular weight excluding hydrogens is 374 g/mol. The van der Waals surface area contributed by atoms with E-state index in [9.17, 15) is 4.79 Å². The molecule has 0 aliphatic carbocycles. The van der Waals surface area contributed by atoms with E-state index in [-0.39, 0.29) is 5.91 Å². The van der Waals surface area contributed by atoms with Crippen molar-refractivity contribution in [1.82, 2.24) is 0 Å². The molecule has 0 aromatic heterocycles. The number of hydrogen-bond acceptors (Lipinski definition) is 3. The Kier molecular flexibility index (Phi) is 6.71. The SMILES string of the molecule is COc1ccc(NC(=O)/C=C/c2cccc(OCc3ccccc3)c2)cc1Cl. The summed E-state index contributed by atoms with van der Waals surface area (Å²) >= 11 is 6.07. The first-order valence-electron chi connectivity index (χ1n) is 8.73. The smallest absolute Gasteiger partial charge is 0.248 e. The Hall–Kier alpha value is -3.24. The van der Waals surface area contributed by atoms with Gasteiger partial charge in [0.05, 0.1) is 12.1 Å². The highest BCUT2D eigenvalue weighted by Gasteiger charge is 2.04. The van der Waals surface area contributed by atoms with Crippen molar-refractivity contribution in [3.05, 3.63) is 95.0 Å². The first kappa shape index (κ1) is 19.5. The Morgan fingerprint density at radius 1 is 1.04 bits per heavy atom. The van der Waals surface area contributed by atoms with Crippen molar-refractivity contribution in [3.63, 3.8) is 0 Å². The van der Waals surface area contributed by atoms with Crippen LogP contribution in [0.25, 0.3) is 6.08 Å². The van der Waals surface area contributed by atoms with E-state index < -0.39 is 0 Å². The highest BCUT2D eigenvalue weighted by molar-refractivity contribution is 6.32. The van der Waals surface area contributed by atoms with Crippen molar-refractivity contribution in [2.45, 2.75) is 6.61 Å². The lowest BCUT2D eigenvalue weighted by molar-refractivity contribution is -0.111. The zero-order valence-corrected chi connectivity index (χ0v) is 16.1. The number of carbonyl (C=O) groups is 1. The summed E-state index contributed by atoms with van der Waals surface area (Å²) in [6.45, 7) is 0.493. The van der Waals surface area contributed by atoms with Gasteiger partial charge in [0.1, 0.15) is 18.1 Å². The minimum atomic E-state index is -0.253. The van der Waals surface area contributed by atoms with Gasteiger partial charge in [0.25, 0.3) is 0 Å². The summed E-state index contributed by atoms with van der Waals surface area (Å²) in [5.41, 5.74) is 2.56. The molecule has 0 unspecified atom stereocenters. The molecule has 142 valence electrons. The molecule has 1 amide bonds. The number of ether oxygens (including phenoxy) is 2. The Morgan fingerprint density at radius 3 is 2.61 bits per heavy atom. The largest absolute Gasteiger partial charge is 0.495 e. The molecule has 0 aliphatic heterocycles. The maximum Gasteiger partial charge on any atom is 0.248 e. The average Bonchev–Trinajstić information content (AvgIpc) is 2.72. The summed E-state index contributed by atoms with van der Waals surface area (Å²) in [6, 6.07) is 22.6. The Morgan fingerprint density at radius 2 is 1.86 bits per heavy atom. The second-order valence-corrected chi connectivity index (χ2v) is 6.43. The number of halogens is 1. The van der Waals surface area contributed by atoms with E-state index in [1.54, 1.807) is 31.4 Å². The van der Waals surface area contributed by atoms with Crippen LogP contribution in [0.3, 0.4) is 0 Å². The molecule has 0 radical (unpaired) electrons. The maximum atomic E-state index is 12.1. The summed E-state index contributed by atoms with van der Waals surface area (Å²) in [4.78, 5) is 12.1. The molecule has 3 aromatic carbocycles. The molecule has 5 heteroatoms. The van der Waals surface area contributed by atoms with Crippen LogP contribution in [0.2, 0.25) is 5.02 Å². The monoisotopic (exact) mass is 393 g/mol. The van der Waals surface area contributed by atoms with Gasteiger partial charge in [-0.15, -0.1) is 0 Å². The molecule has 0 aliphatic rings. The van der Waals surface area contributed by atoms with E-state index in [2.05, 4.69) is 5.32 Å². The van der Waals surface area contributed by atoms with Gasteiger partial charge in [-0.2, -0.15) is 0 Å². The molecular formula is C23H20ClNO3. The lowest BCUT2D eigenvalue weighted by Crippen LogP contribution is -2.07. The average molecular weight is 394 g/mol. The Balaban J connectivity index is 1.59. The fourth-order valence-corrected chi connectivity index (χ4v) is 2.81. The second-order valence-electron chi connectivity index (χ2n) is 6.02. The van der Waals surface area contributed by atoms with E-state index in [1.165, 1.54) is 6.08 Å². The van der Waals surface area contributed by atoms with Crippen molar-refractivity contribution in [2.24, 2.45) is 0 Å². The Labute approximate surface area is 169 Å². The molecule has 0 fully saturated rings. The molecule has 0 heterocycles. The van der Waals surface area contributed by atoms with Crippen LogP contribution < -0.4 is 14.8 Å². The van der Waals surface area contributed by atoms with E-state index in [4.69, 9.17) is 21.1 Å². The van der Waals surface area contributed by atoms with Crippen molar-refractivity contribution < 1.29 is 14.3 Å². The quantitative estimate of drug-likeness (QED) is 0.533. The first-order chi connectivity index (χ1) is 13.6. The predicted molar refractivity (Wildman–Crippen MR) is 113 cm³/mol. The van der Waals surface area contributed by atoms with E-state index in [0.717, 1.165) is 16.9 Å². The molecule has 0 spiro atoms. The van der Waals surface area contributed by atoms with Gasteiger partial charge in [0.15, 0.2) is 0 Å². The van der Waals surface area contributed by atoms with Crippen molar-refractivity contribution in [3.8, 4) is 11.5 Å². The standard InChI is InChI=1S/C23H20ClNO3/c1-27-22-12-11-19(15-21(22)24)25-23(26)13-10-17-8-5-9-20(14-17)28-16-18-6-3-2-4-7-18/h2-15H,16H2,1H3,(H,25,26)/b13-10+. The topological polar surface area (TPSA) is 47.6 Å². The number of carbonyl (C=O) groups excluding carboxylic acids is 1. The zero-order valence-electron chi connectivity index (χ0n) is 15.4. The molecule has 4 nitrogen and oxygen atoms in total. The second kappa shape index (κ2) is 9.62. The number of amides is 1. The lowest BCUT2D eigenvalue weighted by atomic mass is 10.2. The van der Waals surface area contributed by atoms with E-state index >= 15 is 0 Å². The van der Waals surface area contributed by atoms with E-state index in [1.807, 2.05) is 54.6 Å². The summed E-state index contributed by atoms with van der Waals surface area (Å²) in [6.07, 6.45) is 3.20. The molecule has 0 saturated heterocycles. The number of methoxy groups -OCH3 is 1. The van der Waals surface area contributed by atoms with E-state index in [0.29, 0.717) is 23.1 Å². The third-order valence-electron chi connectivity index (χ3n) is 3.95. The molecule has 0 atom stereocenters. The van der Waals surface area contributed by atoms with Gasteiger partial charge in [-0.25, -0.2) is 0 Å². The van der Waals surface area contributed by atoms with Crippen LogP contribution in [0.5, 0.6) is 11.5 Å². The van der Waals surface area contributed by atoms with Crippen LogP contribution >= 0.6 is 11.6 Å². The van der Waals surface area contributed by atoms with Gasteiger partial charge in [-0.05, 0) is 47.5 Å². The van der Waals surface area contributed by atoms with Crippen LogP contribution in [0.1, 0.15) is 11.1 Å². The third kappa shape index (κ3) is 5.63. The van der Waals surface area contributed by atoms with Crippen LogP contribution in [-0.2, 0) is 11.4 Å². The predicted octanol–water partition coefficient (Wildman–Crippen LogP) is 5.58. The molecule has 0 saturated carbocycles. The van der Waals surface area contributed by atoms with Crippen LogP contribution in [-0.4, -0.2) is 13.0 Å². The third-order valence-corrected chi connectivity index (χ3v) is 4.25. The molecule has 3 aromatic rings. The summed E-state index contributed by atoms with van der Waals surface area (Å²) < 4.78 is 10.9. The van der Waals surface area contributed by atoms with Gasteiger partial charge in [-0.1, -0.05) is 54.1 Å². The highest BCUT2D eigenvalue weighted by atomic mass is 35.5. The molecule has 0 bridgehead atoms. The lowest BCUT2D eigenvalue weighted by Gasteiger charge is -2.07. The number of benzene rings is 3. The van der Waals surface area contributed by atoms with Gasteiger partial charge in [0.2, 0.25) is 5.91 Å². The highest BCUT2D eigenvalue weighted by Crippen LogP contribution is 2.27. The number of anilines is 1. The van der Waals surface area contributed by atoms with Gasteiger partial charge >= 0.3 is 0 Å². The van der Waals surface area contributed by atoms with Crippen LogP contribution in [0.4, 0.5) is 5.69 Å². The first-order valence-corrected chi connectivity index (χ1v) is 9.11. The molecule has 1 N–H and O–H groups in total. The minimum Gasteiger partial charge on any atom is -0.495 e. The fraction of sp³-hybridized carbons (Fsp3) is 0.0870. The molecule has 3 rings (SSSR count).